The van der Waals surface area contributed by atoms with Gasteiger partial charge in [-0.15, -0.1) is 5.10 Å². The maximum atomic E-state index is 12.9. The van der Waals surface area contributed by atoms with E-state index < -0.39 is 5.95 Å². The molecule has 68 valence electrons. The van der Waals surface area contributed by atoms with Crippen molar-refractivity contribution in [2.75, 3.05) is 0 Å². The van der Waals surface area contributed by atoms with Gasteiger partial charge in [-0.2, -0.15) is 4.39 Å². The van der Waals surface area contributed by atoms with Crippen LogP contribution < -0.4 is 0 Å². The predicted molar refractivity (Wildman–Crippen MR) is 57.6 cm³/mol. The van der Waals surface area contributed by atoms with Gasteiger partial charge in [0.15, 0.2) is 0 Å². The molecular weight excluding hydrogens is 338 g/mol. The Labute approximate surface area is 92.8 Å². The molecule has 0 unspecified atom stereocenters. The summed E-state index contributed by atoms with van der Waals surface area (Å²) >= 11 is 5.19. The van der Waals surface area contributed by atoms with Crippen LogP contribution in [0.1, 0.15) is 20.8 Å². The van der Waals surface area contributed by atoms with Gasteiger partial charge in [0.2, 0.25) is 5.95 Å². The molecule has 0 N–H and O–H groups in total. The zero-order valence-electron chi connectivity index (χ0n) is 7.03. The molecule has 0 saturated heterocycles. The summed E-state index contributed by atoms with van der Waals surface area (Å²) in [6.45, 7) is 5.94. The first-order valence-corrected chi connectivity index (χ1v) is 5.31. The quantitative estimate of drug-likeness (QED) is 0.660. The number of hydrogen-bond acceptors (Lipinski definition) is 1. The lowest BCUT2D eigenvalue weighted by molar-refractivity contribution is 0.335. The van der Waals surface area contributed by atoms with E-state index in [0.29, 0.717) is 4.47 Å². The minimum absolute atomic E-state index is 0.177. The monoisotopic (exact) mass is 346 g/mol. The minimum Gasteiger partial charge on any atom is -0.250 e. The average molecular weight is 347 g/mol. The van der Waals surface area contributed by atoms with E-state index in [1.165, 1.54) is 0 Å². The molecule has 0 bridgehead atoms. The van der Waals surface area contributed by atoms with Crippen molar-refractivity contribution in [1.29, 1.82) is 0 Å². The highest BCUT2D eigenvalue weighted by Gasteiger charge is 2.22. The normalized spacial score (nSPS) is 12.2. The summed E-state index contributed by atoms with van der Waals surface area (Å²) in [5, 5.41) is 3.78. The summed E-state index contributed by atoms with van der Waals surface area (Å²) in [5.74, 6) is -0.450. The van der Waals surface area contributed by atoms with Crippen molar-refractivity contribution in [3.05, 3.63) is 14.1 Å². The van der Waals surface area contributed by atoms with E-state index in [4.69, 9.17) is 0 Å². The Morgan fingerprint density at radius 2 is 2.00 bits per heavy atom. The van der Waals surface area contributed by atoms with Crippen LogP contribution in [0.4, 0.5) is 4.39 Å². The van der Waals surface area contributed by atoms with Gasteiger partial charge < -0.3 is 0 Å². The Kier molecular flexibility index (Phi) is 2.82. The highest BCUT2D eigenvalue weighted by atomic mass is 127. The van der Waals surface area contributed by atoms with Gasteiger partial charge in [-0.05, 0) is 59.3 Å². The lowest BCUT2D eigenvalue weighted by Gasteiger charge is -2.19. The highest BCUT2D eigenvalue weighted by molar-refractivity contribution is 14.1. The molecule has 0 aliphatic rings. The largest absolute Gasteiger partial charge is 0.250 e. The summed E-state index contributed by atoms with van der Waals surface area (Å²) in [6, 6.07) is 0. The molecular formula is C7H9BrFIN2. The van der Waals surface area contributed by atoms with E-state index in [-0.39, 0.29) is 5.54 Å². The first-order valence-electron chi connectivity index (χ1n) is 3.44. The van der Waals surface area contributed by atoms with E-state index in [0.717, 1.165) is 3.70 Å². The van der Waals surface area contributed by atoms with Crippen molar-refractivity contribution in [2.45, 2.75) is 26.3 Å². The summed E-state index contributed by atoms with van der Waals surface area (Å²) in [4.78, 5) is 0. The van der Waals surface area contributed by atoms with Crippen molar-refractivity contribution < 1.29 is 4.39 Å². The molecule has 0 aliphatic carbocycles. The van der Waals surface area contributed by atoms with Crippen LogP contribution in [0.5, 0.6) is 0 Å². The fraction of sp³-hybridized carbons (Fsp3) is 0.571. The van der Waals surface area contributed by atoms with Crippen LogP contribution in [-0.4, -0.2) is 9.78 Å². The summed E-state index contributed by atoms with van der Waals surface area (Å²) in [5.41, 5.74) is -0.177. The first-order chi connectivity index (χ1) is 5.34. The van der Waals surface area contributed by atoms with Crippen molar-refractivity contribution in [3.63, 3.8) is 0 Å². The van der Waals surface area contributed by atoms with Gasteiger partial charge in [-0.3, -0.25) is 0 Å². The van der Waals surface area contributed by atoms with Crippen molar-refractivity contribution in [1.82, 2.24) is 9.78 Å². The zero-order valence-corrected chi connectivity index (χ0v) is 10.8. The van der Waals surface area contributed by atoms with Gasteiger partial charge in [-0.25, -0.2) is 4.68 Å². The fourth-order valence-corrected chi connectivity index (χ4v) is 2.10. The Balaban J connectivity index is 3.28. The summed E-state index contributed by atoms with van der Waals surface area (Å²) < 4.78 is 15.8. The van der Waals surface area contributed by atoms with Crippen molar-refractivity contribution in [3.8, 4) is 0 Å². The summed E-state index contributed by atoms with van der Waals surface area (Å²) in [6.07, 6.45) is 0. The predicted octanol–water partition coefficient (Wildman–Crippen LogP) is 3.14. The Morgan fingerprint density at radius 1 is 1.50 bits per heavy atom. The number of hydrogen-bond donors (Lipinski definition) is 0. The molecule has 1 aromatic rings. The van der Waals surface area contributed by atoms with E-state index in [2.05, 4.69) is 43.6 Å². The van der Waals surface area contributed by atoms with Gasteiger partial charge in [0.05, 0.1) is 5.54 Å². The van der Waals surface area contributed by atoms with Crippen LogP contribution in [0.15, 0.2) is 4.47 Å². The second-order valence-corrected chi connectivity index (χ2v) is 5.29. The third kappa shape index (κ3) is 1.81. The first kappa shape index (κ1) is 10.4. The standard InChI is InChI=1S/C7H9BrFIN2/c1-7(2,3)12-6(10)4(8)5(9)11-12/h1-3H3. The van der Waals surface area contributed by atoms with Crippen LogP contribution in [0.25, 0.3) is 0 Å². The van der Waals surface area contributed by atoms with Crippen molar-refractivity contribution in [2.24, 2.45) is 0 Å². The lowest BCUT2D eigenvalue weighted by Crippen LogP contribution is -2.24. The molecule has 1 rings (SSSR count). The molecule has 0 aliphatic heterocycles. The van der Waals surface area contributed by atoms with E-state index in [1.54, 1.807) is 4.68 Å². The molecule has 12 heavy (non-hydrogen) atoms. The average Bonchev–Trinajstić information content (AvgIpc) is 2.15. The van der Waals surface area contributed by atoms with E-state index in [9.17, 15) is 4.39 Å². The number of halogens is 3. The molecule has 1 aromatic heterocycles. The fourth-order valence-electron chi connectivity index (χ4n) is 0.798. The second kappa shape index (κ2) is 3.25. The molecule has 1 heterocycles. The molecule has 0 saturated carbocycles. The molecule has 0 radical (unpaired) electrons. The van der Waals surface area contributed by atoms with Gasteiger partial charge in [0.1, 0.15) is 8.17 Å². The zero-order chi connectivity index (χ0) is 9.52. The van der Waals surface area contributed by atoms with E-state index in [1.807, 2.05) is 20.8 Å². The smallest absolute Gasteiger partial charge is 0.247 e. The minimum atomic E-state index is -0.450. The Hall–Kier alpha value is 0.350. The maximum Gasteiger partial charge on any atom is 0.247 e. The molecule has 0 amide bonds. The van der Waals surface area contributed by atoms with Gasteiger partial charge >= 0.3 is 0 Å². The third-order valence-electron chi connectivity index (χ3n) is 1.37. The lowest BCUT2D eigenvalue weighted by atomic mass is 10.1. The Morgan fingerprint density at radius 3 is 2.17 bits per heavy atom. The SMILES string of the molecule is CC(C)(C)n1nc(F)c(Br)c1I. The van der Waals surface area contributed by atoms with Gasteiger partial charge in [0, 0.05) is 0 Å². The highest BCUT2D eigenvalue weighted by Crippen LogP contribution is 2.26. The van der Waals surface area contributed by atoms with Crippen LogP contribution in [0.2, 0.25) is 0 Å². The van der Waals surface area contributed by atoms with Crippen LogP contribution in [-0.2, 0) is 5.54 Å². The topological polar surface area (TPSA) is 17.8 Å². The van der Waals surface area contributed by atoms with E-state index >= 15 is 0 Å². The molecule has 0 atom stereocenters. The maximum absolute atomic E-state index is 12.9. The van der Waals surface area contributed by atoms with Crippen LogP contribution in [0, 0.1) is 9.65 Å². The second-order valence-electron chi connectivity index (χ2n) is 3.48. The van der Waals surface area contributed by atoms with Crippen LogP contribution >= 0.6 is 38.5 Å². The molecule has 0 spiro atoms. The summed E-state index contributed by atoms with van der Waals surface area (Å²) in [7, 11) is 0. The number of aromatic nitrogens is 2. The molecule has 0 aromatic carbocycles. The Bertz CT molecular complexity index is 303. The van der Waals surface area contributed by atoms with Crippen molar-refractivity contribution >= 4 is 38.5 Å². The third-order valence-corrected chi connectivity index (χ3v) is 3.81. The molecule has 5 heteroatoms. The van der Waals surface area contributed by atoms with Gasteiger partial charge in [0.25, 0.3) is 0 Å². The van der Waals surface area contributed by atoms with Crippen LogP contribution in [0.3, 0.4) is 0 Å². The molecule has 2 nitrogen and oxygen atoms in total. The molecule has 0 fully saturated rings. The number of rotatable bonds is 0. The van der Waals surface area contributed by atoms with Gasteiger partial charge in [-0.1, -0.05) is 0 Å². The number of nitrogens with zero attached hydrogens (tertiary/aromatic N) is 2.